The molecule has 98 valence electrons. The number of aryl methyl sites for hydroxylation is 1. The first-order chi connectivity index (χ1) is 8.40. The molecule has 0 aliphatic carbocycles. The maximum atomic E-state index is 12.2. The van der Waals surface area contributed by atoms with E-state index < -0.39 is 5.97 Å². The SMILES string of the molecule is Cc1ccc(C(=O)N(CC(=O)O)CC(C)C)cc1. The minimum absolute atomic E-state index is 0.230. The molecule has 0 radical (unpaired) electrons. The number of rotatable bonds is 5. The Labute approximate surface area is 107 Å². The fourth-order valence-corrected chi connectivity index (χ4v) is 1.70. The van der Waals surface area contributed by atoms with Gasteiger partial charge in [-0.15, -0.1) is 0 Å². The van der Waals surface area contributed by atoms with Crippen molar-refractivity contribution < 1.29 is 14.7 Å². The van der Waals surface area contributed by atoms with Gasteiger partial charge in [0.25, 0.3) is 5.91 Å². The first-order valence-corrected chi connectivity index (χ1v) is 5.98. The number of aliphatic carboxylic acids is 1. The summed E-state index contributed by atoms with van der Waals surface area (Å²) in [6, 6.07) is 7.16. The number of hydrogen-bond acceptors (Lipinski definition) is 2. The smallest absolute Gasteiger partial charge is 0.323 e. The standard InChI is InChI=1S/C14H19NO3/c1-10(2)8-15(9-13(16)17)14(18)12-6-4-11(3)5-7-12/h4-7,10H,8-9H2,1-3H3,(H,16,17). The molecule has 4 heteroatoms. The Bertz CT molecular complexity index is 423. The molecular formula is C14H19NO3. The summed E-state index contributed by atoms with van der Waals surface area (Å²) in [5.74, 6) is -0.985. The third kappa shape index (κ3) is 4.20. The summed E-state index contributed by atoms with van der Waals surface area (Å²) in [6.07, 6.45) is 0. The maximum absolute atomic E-state index is 12.2. The summed E-state index contributed by atoms with van der Waals surface area (Å²) < 4.78 is 0. The number of carboxylic acid groups (broad SMARTS) is 1. The molecule has 0 unspecified atom stereocenters. The zero-order valence-electron chi connectivity index (χ0n) is 11.0. The molecular weight excluding hydrogens is 230 g/mol. The highest BCUT2D eigenvalue weighted by molar-refractivity contribution is 5.95. The van der Waals surface area contributed by atoms with E-state index in [1.807, 2.05) is 32.9 Å². The molecule has 1 aromatic carbocycles. The predicted molar refractivity (Wildman–Crippen MR) is 69.6 cm³/mol. The number of benzene rings is 1. The van der Waals surface area contributed by atoms with E-state index >= 15 is 0 Å². The predicted octanol–water partition coefficient (Wildman–Crippen LogP) is 2.18. The number of carbonyl (C=O) groups excluding carboxylic acids is 1. The molecule has 0 heterocycles. The van der Waals surface area contributed by atoms with Crippen molar-refractivity contribution in [1.82, 2.24) is 4.90 Å². The average molecular weight is 249 g/mol. The molecule has 1 rings (SSSR count). The lowest BCUT2D eigenvalue weighted by atomic mass is 10.1. The lowest BCUT2D eigenvalue weighted by molar-refractivity contribution is -0.137. The molecule has 18 heavy (non-hydrogen) atoms. The highest BCUT2D eigenvalue weighted by Crippen LogP contribution is 2.09. The Morgan fingerprint density at radius 3 is 2.22 bits per heavy atom. The summed E-state index contributed by atoms with van der Waals surface area (Å²) in [5, 5.41) is 8.84. The summed E-state index contributed by atoms with van der Waals surface area (Å²) in [5.41, 5.74) is 1.60. The highest BCUT2D eigenvalue weighted by atomic mass is 16.4. The van der Waals surface area contributed by atoms with Gasteiger partial charge in [0.2, 0.25) is 0 Å². The molecule has 0 saturated heterocycles. The van der Waals surface area contributed by atoms with Crippen LogP contribution in [0.15, 0.2) is 24.3 Å². The van der Waals surface area contributed by atoms with E-state index in [-0.39, 0.29) is 18.4 Å². The second-order valence-electron chi connectivity index (χ2n) is 4.84. The molecule has 1 amide bonds. The monoisotopic (exact) mass is 249 g/mol. The topological polar surface area (TPSA) is 57.6 Å². The van der Waals surface area contributed by atoms with Crippen LogP contribution in [0.4, 0.5) is 0 Å². The van der Waals surface area contributed by atoms with Crippen molar-refractivity contribution in [2.24, 2.45) is 5.92 Å². The summed E-state index contributed by atoms with van der Waals surface area (Å²) in [4.78, 5) is 24.3. The van der Waals surface area contributed by atoms with Crippen molar-refractivity contribution in [2.75, 3.05) is 13.1 Å². The van der Waals surface area contributed by atoms with Crippen molar-refractivity contribution >= 4 is 11.9 Å². The Balaban J connectivity index is 2.87. The van der Waals surface area contributed by atoms with Crippen LogP contribution >= 0.6 is 0 Å². The number of carbonyl (C=O) groups is 2. The molecule has 0 aliphatic rings. The van der Waals surface area contributed by atoms with Crippen LogP contribution < -0.4 is 0 Å². The van der Waals surface area contributed by atoms with E-state index in [9.17, 15) is 9.59 Å². The molecule has 0 atom stereocenters. The van der Waals surface area contributed by atoms with Gasteiger partial charge in [0.15, 0.2) is 0 Å². The number of hydrogen-bond donors (Lipinski definition) is 1. The molecule has 0 bridgehead atoms. The van der Waals surface area contributed by atoms with Crippen LogP contribution in [0, 0.1) is 12.8 Å². The zero-order chi connectivity index (χ0) is 13.7. The van der Waals surface area contributed by atoms with E-state index in [1.165, 1.54) is 4.90 Å². The Hall–Kier alpha value is -1.84. The van der Waals surface area contributed by atoms with Gasteiger partial charge in [0.05, 0.1) is 0 Å². The maximum Gasteiger partial charge on any atom is 0.323 e. The molecule has 0 spiro atoms. The number of carboxylic acids is 1. The van der Waals surface area contributed by atoms with Crippen molar-refractivity contribution in [3.63, 3.8) is 0 Å². The minimum atomic E-state index is -0.990. The van der Waals surface area contributed by atoms with E-state index in [2.05, 4.69) is 0 Å². The number of amides is 1. The van der Waals surface area contributed by atoms with Crippen LogP contribution in [0.1, 0.15) is 29.8 Å². The Morgan fingerprint density at radius 1 is 1.22 bits per heavy atom. The first kappa shape index (κ1) is 14.2. The Kier molecular flexibility index (Phi) is 4.89. The average Bonchev–Trinajstić information content (AvgIpc) is 2.27. The van der Waals surface area contributed by atoms with Gasteiger partial charge < -0.3 is 10.0 Å². The molecule has 0 fully saturated rings. The van der Waals surface area contributed by atoms with Crippen molar-refractivity contribution in [1.29, 1.82) is 0 Å². The van der Waals surface area contributed by atoms with Crippen molar-refractivity contribution in [3.05, 3.63) is 35.4 Å². The summed E-state index contributed by atoms with van der Waals surface area (Å²) >= 11 is 0. The van der Waals surface area contributed by atoms with E-state index in [0.717, 1.165) is 5.56 Å². The molecule has 0 saturated carbocycles. The highest BCUT2D eigenvalue weighted by Gasteiger charge is 2.19. The molecule has 4 nitrogen and oxygen atoms in total. The molecule has 0 aliphatic heterocycles. The minimum Gasteiger partial charge on any atom is -0.480 e. The molecule has 0 aromatic heterocycles. The summed E-state index contributed by atoms with van der Waals surface area (Å²) in [6.45, 7) is 6.04. The largest absolute Gasteiger partial charge is 0.480 e. The summed E-state index contributed by atoms with van der Waals surface area (Å²) in [7, 11) is 0. The normalized spacial score (nSPS) is 10.4. The number of nitrogens with zero attached hydrogens (tertiary/aromatic N) is 1. The fraction of sp³-hybridized carbons (Fsp3) is 0.429. The lowest BCUT2D eigenvalue weighted by Gasteiger charge is -2.22. The Morgan fingerprint density at radius 2 is 1.78 bits per heavy atom. The molecule has 1 N–H and O–H groups in total. The third-order valence-electron chi connectivity index (χ3n) is 2.50. The van der Waals surface area contributed by atoms with Crippen LogP contribution in [-0.4, -0.2) is 35.0 Å². The van der Waals surface area contributed by atoms with Gasteiger partial charge >= 0.3 is 5.97 Å². The second kappa shape index (κ2) is 6.19. The van der Waals surface area contributed by atoms with Crippen molar-refractivity contribution in [2.45, 2.75) is 20.8 Å². The first-order valence-electron chi connectivity index (χ1n) is 5.98. The quantitative estimate of drug-likeness (QED) is 0.870. The van der Waals surface area contributed by atoms with Gasteiger partial charge in [-0.05, 0) is 25.0 Å². The van der Waals surface area contributed by atoms with Gasteiger partial charge in [-0.25, -0.2) is 0 Å². The van der Waals surface area contributed by atoms with Crippen LogP contribution in [0.3, 0.4) is 0 Å². The van der Waals surface area contributed by atoms with E-state index in [1.54, 1.807) is 12.1 Å². The van der Waals surface area contributed by atoms with Gasteiger partial charge in [-0.3, -0.25) is 9.59 Å². The molecule has 1 aromatic rings. The second-order valence-corrected chi connectivity index (χ2v) is 4.84. The van der Waals surface area contributed by atoms with Gasteiger partial charge in [-0.2, -0.15) is 0 Å². The third-order valence-corrected chi connectivity index (χ3v) is 2.50. The van der Waals surface area contributed by atoms with E-state index in [4.69, 9.17) is 5.11 Å². The van der Waals surface area contributed by atoms with Gasteiger partial charge in [0.1, 0.15) is 6.54 Å². The van der Waals surface area contributed by atoms with Crippen LogP contribution in [0.2, 0.25) is 0 Å². The van der Waals surface area contributed by atoms with Crippen molar-refractivity contribution in [3.8, 4) is 0 Å². The zero-order valence-corrected chi connectivity index (χ0v) is 11.0. The van der Waals surface area contributed by atoms with Crippen LogP contribution in [0.25, 0.3) is 0 Å². The van der Waals surface area contributed by atoms with E-state index in [0.29, 0.717) is 12.1 Å². The fourth-order valence-electron chi connectivity index (χ4n) is 1.70. The van der Waals surface area contributed by atoms with Gasteiger partial charge in [-0.1, -0.05) is 31.5 Å². The van der Waals surface area contributed by atoms with Crippen LogP contribution in [0.5, 0.6) is 0 Å². The van der Waals surface area contributed by atoms with Gasteiger partial charge in [0, 0.05) is 12.1 Å². The lowest BCUT2D eigenvalue weighted by Crippen LogP contribution is -2.38. The van der Waals surface area contributed by atoms with Crippen LogP contribution in [-0.2, 0) is 4.79 Å².